The Morgan fingerprint density at radius 2 is 1.64 bits per heavy atom. The van der Waals surface area contributed by atoms with Crippen LogP contribution < -0.4 is 9.47 Å². The molecule has 0 amide bonds. The van der Waals surface area contributed by atoms with E-state index in [1.54, 1.807) is 24.3 Å². The van der Waals surface area contributed by atoms with Crippen LogP contribution in [0.25, 0.3) is 10.8 Å². The van der Waals surface area contributed by atoms with E-state index in [4.69, 9.17) is 44.3 Å². The number of halogens is 6. The Morgan fingerprint density at radius 1 is 1.00 bits per heavy atom. The molecule has 0 saturated heterocycles. The van der Waals surface area contributed by atoms with Crippen LogP contribution in [0.4, 0.5) is 13.2 Å². The third kappa shape index (κ3) is 5.22. The number of nitrogens with zero attached hydrogens (tertiary/aromatic N) is 1. The van der Waals surface area contributed by atoms with E-state index in [2.05, 4.69) is 4.98 Å². The van der Waals surface area contributed by atoms with E-state index in [9.17, 15) is 13.2 Å². The Morgan fingerprint density at radius 3 is 2.25 bits per heavy atom. The largest absolute Gasteiger partial charge is 0.489 e. The lowest BCUT2D eigenvalue weighted by Crippen LogP contribution is -2.05. The molecule has 3 rings (SSSR count). The van der Waals surface area contributed by atoms with Gasteiger partial charge in [-0.25, -0.2) is 4.98 Å². The summed E-state index contributed by atoms with van der Waals surface area (Å²) in [6.07, 6.45) is -2.33. The van der Waals surface area contributed by atoms with Crippen molar-refractivity contribution in [3.63, 3.8) is 0 Å². The molecule has 0 aliphatic rings. The zero-order chi connectivity index (χ0) is 20.3. The molecule has 0 spiro atoms. The highest BCUT2D eigenvalue weighted by Crippen LogP contribution is 2.35. The molecule has 1 aromatic heterocycles. The van der Waals surface area contributed by atoms with Gasteiger partial charge >= 0.3 is 6.18 Å². The number of benzene rings is 2. The van der Waals surface area contributed by atoms with E-state index in [0.29, 0.717) is 17.7 Å². The molecule has 3 aromatic rings. The van der Waals surface area contributed by atoms with Crippen LogP contribution in [0.5, 0.6) is 17.4 Å². The minimum absolute atomic E-state index is 0.112. The van der Waals surface area contributed by atoms with Crippen molar-refractivity contribution in [3.8, 4) is 17.4 Å². The van der Waals surface area contributed by atoms with Gasteiger partial charge in [-0.3, -0.25) is 0 Å². The van der Waals surface area contributed by atoms with Gasteiger partial charge in [0.05, 0.1) is 5.56 Å². The second kappa shape index (κ2) is 8.47. The molecule has 0 aliphatic heterocycles. The molecule has 2 aromatic carbocycles. The van der Waals surface area contributed by atoms with Crippen molar-refractivity contribution < 1.29 is 22.6 Å². The van der Waals surface area contributed by atoms with Gasteiger partial charge in [-0.15, -0.1) is 0 Å². The molecular formula is C19H11Cl3F3NO2. The van der Waals surface area contributed by atoms with Crippen LogP contribution in [0.2, 0.25) is 5.02 Å². The Bertz CT molecular complexity index is 1030. The number of aromatic nitrogens is 1. The summed E-state index contributed by atoms with van der Waals surface area (Å²) in [6, 6.07) is 11.3. The van der Waals surface area contributed by atoms with Gasteiger partial charge in [-0.1, -0.05) is 46.9 Å². The third-order valence-electron chi connectivity index (χ3n) is 3.62. The summed E-state index contributed by atoms with van der Waals surface area (Å²) in [5, 5.41) is 1.47. The van der Waals surface area contributed by atoms with Crippen LogP contribution in [0.15, 0.2) is 59.2 Å². The van der Waals surface area contributed by atoms with Gasteiger partial charge in [0.1, 0.15) is 27.6 Å². The number of rotatable bonds is 5. The second-order valence-electron chi connectivity index (χ2n) is 5.59. The van der Waals surface area contributed by atoms with Gasteiger partial charge in [0.25, 0.3) is 0 Å². The fourth-order valence-corrected chi connectivity index (χ4v) is 2.65. The van der Waals surface area contributed by atoms with Crippen molar-refractivity contribution in [2.45, 2.75) is 6.18 Å². The van der Waals surface area contributed by atoms with Crippen LogP contribution in [0.3, 0.4) is 0 Å². The topological polar surface area (TPSA) is 31.4 Å². The summed E-state index contributed by atoms with van der Waals surface area (Å²) in [6.45, 7) is 0.229. The summed E-state index contributed by atoms with van der Waals surface area (Å²) in [7, 11) is 0. The molecule has 0 fully saturated rings. The lowest BCUT2D eigenvalue weighted by atomic mass is 10.1. The predicted octanol–water partition coefficient (Wildman–Crippen LogP) is 7.40. The Kier molecular flexibility index (Phi) is 6.23. The maximum Gasteiger partial charge on any atom is 0.417 e. The highest BCUT2D eigenvalue weighted by atomic mass is 35.5. The smallest absolute Gasteiger partial charge is 0.417 e. The van der Waals surface area contributed by atoms with Crippen LogP contribution >= 0.6 is 34.8 Å². The van der Waals surface area contributed by atoms with Crippen molar-refractivity contribution in [2.75, 3.05) is 6.61 Å². The molecule has 0 radical (unpaired) electrons. The highest BCUT2D eigenvalue weighted by molar-refractivity contribution is 6.55. The van der Waals surface area contributed by atoms with Gasteiger partial charge in [0, 0.05) is 6.20 Å². The van der Waals surface area contributed by atoms with E-state index in [-0.39, 0.29) is 22.0 Å². The SMILES string of the molecule is FC(F)(F)c1cnc(Oc2ccc3cc(OCC=C(Cl)Cl)ccc3c2)c(Cl)c1. The van der Waals surface area contributed by atoms with E-state index in [1.165, 1.54) is 6.08 Å². The Balaban J connectivity index is 1.78. The summed E-state index contributed by atoms with van der Waals surface area (Å²) >= 11 is 16.9. The van der Waals surface area contributed by atoms with Gasteiger partial charge in [0.15, 0.2) is 0 Å². The number of hydrogen-bond donors (Lipinski definition) is 0. The first-order valence-electron chi connectivity index (χ1n) is 7.81. The summed E-state index contributed by atoms with van der Waals surface area (Å²) in [5.41, 5.74) is -0.943. The normalized spacial score (nSPS) is 11.4. The summed E-state index contributed by atoms with van der Waals surface area (Å²) in [5.74, 6) is 0.894. The lowest BCUT2D eigenvalue weighted by molar-refractivity contribution is -0.137. The molecule has 0 bridgehead atoms. The minimum atomic E-state index is -4.53. The quantitative estimate of drug-likeness (QED) is 0.407. The molecule has 0 aliphatic carbocycles. The van der Waals surface area contributed by atoms with E-state index < -0.39 is 11.7 Å². The average molecular weight is 449 g/mol. The van der Waals surface area contributed by atoms with E-state index >= 15 is 0 Å². The number of fused-ring (bicyclic) bond motifs is 1. The van der Waals surface area contributed by atoms with Crippen molar-refractivity contribution in [1.29, 1.82) is 0 Å². The van der Waals surface area contributed by atoms with Crippen molar-refractivity contribution in [1.82, 2.24) is 4.98 Å². The second-order valence-corrected chi connectivity index (χ2v) is 7.00. The molecule has 28 heavy (non-hydrogen) atoms. The number of ether oxygens (including phenoxy) is 2. The third-order valence-corrected chi connectivity index (χ3v) is 4.20. The van der Waals surface area contributed by atoms with Gasteiger partial charge in [-0.2, -0.15) is 13.2 Å². The number of alkyl halides is 3. The molecule has 3 nitrogen and oxygen atoms in total. The maximum absolute atomic E-state index is 12.7. The molecule has 1 heterocycles. The summed E-state index contributed by atoms with van der Waals surface area (Å²) in [4.78, 5) is 3.66. The van der Waals surface area contributed by atoms with E-state index in [0.717, 1.165) is 16.8 Å². The zero-order valence-electron chi connectivity index (χ0n) is 13.9. The first kappa shape index (κ1) is 20.6. The molecule has 9 heteroatoms. The molecule has 0 N–H and O–H groups in total. The van der Waals surface area contributed by atoms with Gasteiger partial charge in [0.2, 0.25) is 5.88 Å². The van der Waals surface area contributed by atoms with Crippen molar-refractivity contribution in [3.05, 3.63) is 69.8 Å². The van der Waals surface area contributed by atoms with Crippen molar-refractivity contribution in [2.24, 2.45) is 0 Å². The highest BCUT2D eigenvalue weighted by Gasteiger charge is 2.31. The molecular weight excluding hydrogens is 438 g/mol. The fraction of sp³-hybridized carbons (Fsp3) is 0.105. The average Bonchev–Trinajstić information content (AvgIpc) is 2.62. The first-order valence-corrected chi connectivity index (χ1v) is 8.94. The van der Waals surface area contributed by atoms with Crippen LogP contribution in [0.1, 0.15) is 5.56 Å². The Labute approximate surface area is 173 Å². The van der Waals surface area contributed by atoms with Gasteiger partial charge < -0.3 is 9.47 Å². The standard InChI is InChI=1S/C19H11Cl3F3NO2/c20-16-9-13(19(23,24)25)10-26-18(16)28-15-4-2-11-7-14(3-1-12(11)8-15)27-6-5-17(21)22/h1-5,7-10H,6H2. The molecule has 0 saturated carbocycles. The monoisotopic (exact) mass is 447 g/mol. The Hall–Kier alpha value is -2.15. The lowest BCUT2D eigenvalue weighted by Gasteiger charge is -2.11. The minimum Gasteiger partial charge on any atom is -0.489 e. The molecule has 146 valence electrons. The first-order chi connectivity index (χ1) is 13.2. The molecule has 0 unspecified atom stereocenters. The molecule has 0 atom stereocenters. The summed E-state index contributed by atoms with van der Waals surface area (Å²) < 4.78 is 49.2. The van der Waals surface area contributed by atoms with Crippen LogP contribution in [-0.2, 0) is 6.18 Å². The zero-order valence-corrected chi connectivity index (χ0v) is 16.2. The fourth-order valence-electron chi connectivity index (χ4n) is 2.32. The number of hydrogen-bond acceptors (Lipinski definition) is 3. The van der Waals surface area contributed by atoms with Gasteiger partial charge in [-0.05, 0) is 47.2 Å². The number of pyridine rings is 1. The van der Waals surface area contributed by atoms with E-state index in [1.807, 2.05) is 12.1 Å². The maximum atomic E-state index is 12.7. The van der Waals surface area contributed by atoms with Crippen LogP contribution in [-0.4, -0.2) is 11.6 Å². The van der Waals surface area contributed by atoms with Crippen LogP contribution in [0, 0.1) is 0 Å². The predicted molar refractivity (Wildman–Crippen MR) is 104 cm³/mol. The van der Waals surface area contributed by atoms with Crippen molar-refractivity contribution >= 4 is 45.6 Å².